The first-order valence-electron chi connectivity index (χ1n) is 10.00. The SMILES string of the molecule is CCOC(=O)N1CCCN(C(=O)c2ccc(C3CCCCC3)cc2)CC1. The highest BCUT2D eigenvalue weighted by Gasteiger charge is 2.23. The van der Waals surface area contributed by atoms with Gasteiger partial charge < -0.3 is 14.5 Å². The van der Waals surface area contributed by atoms with Gasteiger partial charge in [-0.1, -0.05) is 31.4 Å². The molecule has 2 amide bonds. The molecule has 2 aliphatic rings. The van der Waals surface area contributed by atoms with E-state index in [9.17, 15) is 9.59 Å². The summed E-state index contributed by atoms with van der Waals surface area (Å²) in [5.41, 5.74) is 2.11. The molecule has 0 atom stereocenters. The summed E-state index contributed by atoms with van der Waals surface area (Å²) < 4.78 is 5.07. The van der Waals surface area contributed by atoms with Crippen molar-refractivity contribution in [2.45, 2.75) is 51.4 Å². The molecule has 26 heavy (non-hydrogen) atoms. The summed E-state index contributed by atoms with van der Waals surface area (Å²) in [5.74, 6) is 0.718. The molecule has 2 fully saturated rings. The zero-order chi connectivity index (χ0) is 18.4. The van der Waals surface area contributed by atoms with Gasteiger partial charge >= 0.3 is 6.09 Å². The van der Waals surface area contributed by atoms with E-state index in [1.165, 1.54) is 37.7 Å². The third kappa shape index (κ3) is 4.57. The van der Waals surface area contributed by atoms with Gasteiger partial charge in [-0.05, 0) is 49.8 Å². The third-order valence-electron chi connectivity index (χ3n) is 5.54. The van der Waals surface area contributed by atoms with Gasteiger partial charge in [-0.25, -0.2) is 4.79 Å². The molecule has 1 saturated heterocycles. The minimum Gasteiger partial charge on any atom is -0.450 e. The zero-order valence-electron chi connectivity index (χ0n) is 15.8. The molecule has 0 bridgehead atoms. The van der Waals surface area contributed by atoms with Crippen LogP contribution in [0.1, 0.15) is 67.3 Å². The second kappa shape index (κ2) is 9.06. The van der Waals surface area contributed by atoms with Gasteiger partial charge in [0.05, 0.1) is 6.61 Å². The van der Waals surface area contributed by atoms with Crippen LogP contribution in [0.25, 0.3) is 0 Å². The maximum atomic E-state index is 12.8. The number of ether oxygens (including phenoxy) is 1. The number of nitrogens with zero attached hydrogens (tertiary/aromatic N) is 2. The van der Waals surface area contributed by atoms with Crippen molar-refractivity contribution in [1.82, 2.24) is 9.80 Å². The molecule has 5 nitrogen and oxygen atoms in total. The van der Waals surface area contributed by atoms with E-state index >= 15 is 0 Å². The lowest BCUT2D eigenvalue weighted by Crippen LogP contribution is -2.37. The van der Waals surface area contributed by atoms with Crippen LogP contribution in [0.15, 0.2) is 24.3 Å². The quantitative estimate of drug-likeness (QED) is 0.819. The summed E-state index contributed by atoms with van der Waals surface area (Å²) in [7, 11) is 0. The van der Waals surface area contributed by atoms with Gasteiger partial charge in [-0.15, -0.1) is 0 Å². The smallest absolute Gasteiger partial charge is 0.409 e. The Morgan fingerprint density at radius 2 is 1.58 bits per heavy atom. The lowest BCUT2D eigenvalue weighted by Gasteiger charge is -2.23. The molecule has 1 saturated carbocycles. The van der Waals surface area contributed by atoms with E-state index in [1.54, 1.807) is 4.90 Å². The number of benzene rings is 1. The molecule has 1 heterocycles. The number of hydrogen-bond acceptors (Lipinski definition) is 3. The van der Waals surface area contributed by atoms with Crippen LogP contribution in [0, 0.1) is 0 Å². The van der Waals surface area contributed by atoms with Gasteiger partial charge in [0.15, 0.2) is 0 Å². The molecule has 1 aromatic carbocycles. The lowest BCUT2D eigenvalue weighted by molar-refractivity contribution is 0.0753. The molecule has 3 rings (SSSR count). The van der Waals surface area contributed by atoms with Crippen LogP contribution in [0.3, 0.4) is 0 Å². The average Bonchev–Trinajstić information content (AvgIpc) is 2.95. The highest BCUT2D eigenvalue weighted by Crippen LogP contribution is 2.32. The first kappa shape index (κ1) is 18.7. The van der Waals surface area contributed by atoms with Crippen molar-refractivity contribution < 1.29 is 14.3 Å². The van der Waals surface area contributed by atoms with E-state index in [-0.39, 0.29) is 12.0 Å². The average molecular weight is 358 g/mol. The van der Waals surface area contributed by atoms with Crippen LogP contribution in [0.4, 0.5) is 4.79 Å². The molecular weight excluding hydrogens is 328 g/mol. The summed E-state index contributed by atoms with van der Waals surface area (Å²) in [6, 6.07) is 8.21. The monoisotopic (exact) mass is 358 g/mol. The lowest BCUT2D eigenvalue weighted by atomic mass is 9.84. The maximum absolute atomic E-state index is 12.8. The van der Waals surface area contributed by atoms with Gasteiger partial charge in [0.1, 0.15) is 0 Å². The first-order valence-corrected chi connectivity index (χ1v) is 10.00. The van der Waals surface area contributed by atoms with Crippen LogP contribution in [0.5, 0.6) is 0 Å². The summed E-state index contributed by atoms with van der Waals surface area (Å²) >= 11 is 0. The van der Waals surface area contributed by atoms with E-state index in [0.717, 1.165) is 12.0 Å². The number of carbonyl (C=O) groups excluding carboxylic acids is 2. The molecule has 1 aromatic rings. The molecule has 0 unspecified atom stereocenters. The van der Waals surface area contributed by atoms with Gasteiger partial charge in [-0.3, -0.25) is 4.79 Å². The van der Waals surface area contributed by atoms with Crippen molar-refractivity contribution in [2.75, 3.05) is 32.8 Å². The Labute approximate surface area is 156 Å². The fourth-order valence-electron chi connectivity index (χ4n) is 4.03. The van der Waals surface area contributed by atoms with Gasteiger partial charge in [-0.2, -0.15) is 0 Å². The normalized spacial score (nSPS) is 19.1. The van der Waals surface area contributed by atoms with Crippen LogP contribution < -0.4 is 0 Å². The van der Waals surface area contributed by atoms with Crippen LogP contribution in [0.2, 0.25) is 0 Å². The molecule has 0 aromatic heterocycles. The van der Waals surface area contributed by atoms with Crippen LogP contribution in [-0.4, -0.2) is 54.6 Å². The molecule has 1 aliphatic heterocycles. The number of rotatable bonds is 3. The van der Waals surface area contributed by atoms with E-state index in [4.69, 9.17) is 4.74 Å². The Balaban J connectivity index is 1.59. The van der Waals surface area contributed by atoms with Crippen molar-refractivity contribution in [1.29, 1.82) is 0 Å². The minimum absolute atomic E-state index is 0.0610. The zero-order valence-corrected chi connectivity index (χ0v) is 15.8. The number of hydrogen-bond donors (Lipinski definition) is 0. The minimum atomic E-state index is -0.279. The Bertz CT molecular complexity index is 608. The highest BCUT2D eigenvalue weighted by molar-refractivity contribution is 5.94. The summed E-state index contributed by atoms with van der Waals surface area (Å²) in [5, 5.41) is 0. The first-order chi connectivity index (χ1) is 12.7. The van der Waals surface area contributed by atoms with Crippen molar-refractivity contribution in [2.24, 2.45) is 0 Å². The molecule has 0 spiro atoms. The fourth-order valence-corrected chi connectivity index (χ4v) is 4.03. The van der Waals surface area contributed by atoms with E-state index in [0.29, 0.717) is 38.7 Å². The highest BCUT2D eigenvalue weighted by atomic mass is 16.6. The summed E-state index contributed by atoms with van der Waals surface area (Å²) in [6.45, 7) is 4.60. The Kier molecular flexibility index (Phi) is 6.53. The second-order valence-corrected chi connectivity index (χ2v) is 7.29. The Hall–Kier alpha value is -2.04. The van der Waals surface area contributed by atoms with Crippen molar-refractivity contribution in [3.05, 3.63) is 35.4 Å². The van der Waals surface area contributed by atoms with Gasteiger partial charge in [0, 0.05) is 31.7 Å². The Morgan fingerprint density at radius 1 is 0.923 bits per heavy atom. The molecular formula is C21H30N2O3. The fraction of sp³-hybridized carbons (Fsp3) is 0.619. The number of amides is 2. The summed E-state index contributed by atoms with van der Waals surface area (Å²) in [4.78, 5) is 28.3. The van der Waals surface area contributed by atoms with Crippen LogP contribution >= 0.6 is 0 Å². The molecule has 5 heteroatoms. The topological polar surface area (TPSA) is 49.9 Å². The van der Waals surface area contributed by atoms with Crippen molar-refractivity contribution >= 4 is 12.0 Å². The largest absolute Gasteiger partial charge is 0.450 e. The van der Waals surface area contributed by atoms with E-state index in [1.807, 2.05) is 24.0 Å². The molecule has 0 N–H and O–H groups in total. The van der Waals surface area contributed by atoms with Crippen molar-refractivity contribution in [3.8, 4) is 0 Å². The maximum Gasteiger partial charge on any atom is 0.409 e. The van der Waals surface area contributed by atoms with E-state index < -0.39 is 0 Å². The standard InChI is InChI=1S/C21H30N2O3/c1-2-26-21(25)23-14-6-13-22(15-16-23)20(24)19-11-9-18(10-12-19)17-7-4-3-5-8-17/h9-12,17H,2-8,13-16H2,1H3. The second-order valence-electron chi connectivity index (χ2n) is 7.29. The van der Waals surface area contributed by atoms with Crippen LogP contribution in [-0.2, 0) is 4.74 Å². The van der Waals surface area contributed by atoms with E-state index in [2.05, 4.69) is 12.1 Å². The van der Waals surface area contributed by atoms with Gasteiger partial charge in [0.2, 0.25) is 0 Å². The molecule has 0 radical (unpaired) electrons. The molecule has 1 aliphatic carbocycles. The third-order valence-corrected chi connectivity index (χ3v) is 5.54. The molecule has 142 valence electrons. The predicted octanol–water partition coefficient (Wildman–Crippen LogP) is 4.04. The summed E-state index contributed by atoms with van der Waals surface area (Å²) in [6.07, 6.45) is 7.02. The van der Waals surface area contributed by atoms with Crippen molar-refractivity contribution in [3.63, 3.8) is 0 Å². The van der Waals surface area contributed by atoms with Gasteiger partial charge in [0.25, 0.3) is 5.91 Å². The Morgan fingerprint density at radius 3 is 2.27 bits per heavy atom. The number of carbonyl (C=O) groups is 2. The predicted molar refractivity (Wildman–Crippen MR) is 101 cm³/mol.